The molecule has 2 N–H and O–H groups in total. The summed E-state index contributed by atoms with van der Waals surface area (Å²) in [5.74, 6) is 0.303. The molecular formula is C10H13N3S. The van der Waals surface area contributed by atoms with Crippen molar-refractivity contribution in [3.8, 4) is 6.07 Å². The molecule has 1 aromatic heterocycles. The summed E-state index contributed by atoms with van der Waals surface area (Å²) in [7, 11) is 0. The van der Waals surface area contributed by atoms with E-state index in [1.54, 1.807) is 12.3 Å². The third-order valence-electron chi connectivity index (χ3n) is 2.30. The van der Waals surface area contributed by atoms with Gasteiger partial charge in [-0.05, 0) is 12.1 Å². The molecule has 0 saturated carbocycles. The highest BCUT2D eigenvalue weighted by Crippen LogP contribution is 2.23. The number of nitrogens with two attached hydrogens (primary N) is 1. The monoisotopic (exact) mass is 207 g/mol. The number of aromatic nitrogens is 1. The van der Waals surface area contributed by atoms with Crippen molar-refractivity contribution in [2.24, 2.45) is 5.14 Å². The summed E-state index contributed by atoms with van der Waals surface area (Å²) in [4.78, 5) is 4.23. The van der Waals surface area contributed by atoms with Crippen LogP contribution in [0, 0.1) is 11.3 Å². The smallest absolute Gasteiger partial charge is 0.101 e. The minimum atomic E-state index is 0.303. The van der Waals surface area contributed by atoms with Gasteiger partial charge < -0.3 is 0 Å². The van der Waals surface area contributed by atoms with Gasteiger partial charge in [0.05, 0.1) is 5.56 Å². The van der Waals surface area contributed by atoms with E-state index < -0.39 is 0 Å². The largest absolute Gasteiger partial charge is 0.278 e. The SMILES string of the molecule is CC(SN)C(C)c1ccc(C#N)cn1. The molecule has 2 unspecified atom stereocenters. The van der Waals surface area contributed by atoms with Crippen LogP contribution in [0.2, 0.25) is 0 Å². The van der Waals surface area contributed by atoms with Gasteiger partial charge in [0.15, 0.2) is 0 Å². The third-order valence-corrected chi connectivity index (χ3v) is 3.14. The number of nitrogens with zero attached hydrogens (tertiary/aromatic N) is 2. The highest BCUT2D eigenvalue weighted by molar-refractivity contribution is 7.97. The van der Waals surface area contributed by atoms with Crippen LogP contribution in [0.25, 0.3) is 0 Å². The van der Waals surface area contributed by atoms with Gasteiger partial charge in [0.25, 0.3) is 0 Å². The summed E-state index contributed by atoms with van der Waals surface area (Å²) in [5.41, 5.74) is 1.57. The van der Waals surface area contributed by atoms with E-state index in [1.165, 1.54) is 11.9 Å². The summed E-state index contributed by atoms with van der Waals surface area (Å²) in [6.07, 6.45) is 1.60. The van der Waals surface area contributed by atoms with Crippen LogP contribution in [0.1, 0.15) is 31.0 Å². The van der Waals surface area contributed by atoms with Crippen LogP contribution in [0.4, 0.5) is 0 Å². The van der Waals surface area contributed by atoms with Crippen molar-refractivity contribution in [1.82, 2.24) is 4.98 Å². The third kappa shape index (κ3) is 2.47. The van der Waals surface area contributed by atoms with Crippen molar-refractivity contribution >= 4 is 11.9 Å². The van der Waals surface area contributed by atoms with E-state index in [0.29, 0.717) is 16.7 Å². The average Bonchev–Trinajstić information content (AvgIpc) is 2.27. The van der Waals surface area contributed by atoms with Crippen molar-refractivity contribution in [1.29, 1.82) is 5.26 Å². The molecule has 0 radical (unpaired) electrons. The molecule has 0 aromatic carbocycles. The van der Waals surface area contributed by atoms with Crippen LogP contribution in [-0.2, 0) is 0 Å². The molecule has 0 aliphatic heterocycles. The minimum absolute atomic E-state index is 0.303. The molecule has 0 spiro atoms. The van der Waals surface area contributed by atoms with Crippen LogP contribution >= 0.6 is 11.9 Å². The first-order valence-corrected chi connectivity index (χ1v) is 5.35. The Morgan fingerprint density at radius 1 is 1.50 bits per heavy atom. The predicted molar refractivity (Wildman–Crippen MR) is 58.6 cm³/mol. The molecule has 74 valence electrons. The van der Waals surface area contributed by atoms with Gasteiger partial charge in [0.1, 0.15) is 6.07 Å². The maximum atomic E-state index is 8.61. The van der Waals surface area contributed by atoms with E-state index in [1.807, 2.05) is 12.1 Å². The second-order valence-corrected chi connectivity index (χ2v) is 4.23. The molecule has 0 saturated heterocycles. The van der Waals surface area contributed by atoms with E-state index >= 15 is 0 Å². The quantitative estimate of drug-likeness (QED) is 0.770. The van der Waals surface area contributed by atoms with Crippen LogP contribution in [0.15, 0.2) is 18.3 Å². The van der Waals surface area contributed by atoms with Crippen molar-refractivity contribution in [3.05, 3.63) is 29.6 Å². The van der Waals surface area contributed by atoms with Gasteiger partial charge in [-0.1, -0.05) is 25.8 Å². The summed E-state index contributed by atoms with van der Waals surface area (Å²) in [6, 6.07) is 5.71. The molecule has 14 heavy (non-hydrogen) atoms. The number of rotatable bonds is 3. The Bertz CT molecular complexity index is 328. The molecule has 0 amide bonds. The molecule has 0 bridgehead atoms. The molecule has 1 aromatic rings. The number of hydrogen-bond acceptors (Lipinski definition) is 4. The molecule has 4 heteroatoms. The maximum absolute atomic E-state index is 8.61. The van der Waals surface area contributed by atoms with Crippen molar-refractivity contribution in [3.63, 3.8) is 0 Å². The first-order valence-electron chi connectivity index (χ1n) is 4.40. The fourth-order valence-corrected chi connectivity index (χ4v) is 1.47. The Labute approximate surface area is 88.5 Å². The first kappa shape index (κ1) is 11.0. The summed E-state index contributed by atoms with van der Waals surface area (Å²) in [6.45, 7) is 4.15. The Balaban J connectivity index is 2.82. The molecule has 0 aliphatic rings. The standard InChI is InChI=1S/C10H13N3S/c1-7(8(2)14-12)10-4-3-9(5-11)6-13-10/h3-4,6-8H,12H2,1-2H3. The van der Waals surface area contributed by atoms with Gasteiger partial charge in [-0.2, -0.15) is 5.26 Å². The summed E-state index contributed by atoms with van der Waals surface area (Å²) >= 11 is 1.33. The van der Waals surface area contributed by atoms with Gasteiger partial charge in [-0.25, -0.2) is 0 Å². The van der Waals surface area contributed by atoms with Crippen molar-refractivity contribution < 1.29 is 0 Å². The number of pyridine rings is 1. The van der Waals surface area contributed by atoms with Crippen molar-refractivity contribution in [2.75, 3.05) is 0 Å². The molecule has 0 fully saturated rings. The Hall–Kier alpha value is -1.05. The summed E-state index contributed by atoms with van der Waals surface area (Å²) in [5, 5.41) is 14.4. The van der Waals surface area contributed by atoms with E-state index in [2.05, 4.69) is 18.8 Å². The lowest BCUT2D eigenvalue weighted by Crippen LogP contribution is -2.11. The lowest BCUT2D eigenvalue weighted by atomic mass is 10.0. The van der Waals surface area contributed by atoms with Crippen LogP contribution < -0.4 is 5.14 Å². The molecule has 2 atom stereocenters. The highest BCUT2D eigenvalue weighted by atomic mass is 32.2. The summed E-state index contributed by atoms with van der Waals surface area (Å²) < 4.78 is 0. The fraction of sp³-hybridized carbons (Fsp3) is 0.400. The zero-order chi connectivity index (χ0) is 10.6. The second-order valence-electron chi connectivity index (χ2n) is 3.21. The van der Waals surface area contributed by atoms with Gasteiger partial charge in [-0.3, -0.25) is 10.1 Å². The minimum Gasteiger partial charge on any atom is -0.278 e. The van der Waals surface area contributed by atoms with Gasteiger partial charge in [-0.15, -0.1) is 0 Å². The molecule has 3 nitrogen and oxygen atoms in total. The molecule has 1 heterocycles. The van der Waals surface area contributed by atoms with Crippen LogP contribution in [0.3, 0.4) is 0 Å². The Morgan fingerprint density at radius 2 is 2.21 bits per heavy atom. The zero-order valence-corrected chi connectivity index (χ0v) is 9.08. The topological polar surface area (TPSA) is 62.7 Å². The number of hydrogen-bond donors (Lipinski definition) is 1. The van der Waals surface area contributed by atoms with Crippen LogP contribution in [0.5, 0.6) is 0 Å². The normalized spacial score (nSPS) is 14.4. The Kier molecular flexibility index (Phi) is 3.93. The van der Waals surface area contributed by atoms with Crippen molar-refractivity contribution in [2.45, 2.75) is 25.0 Å². The predicted octanol–water partition coefficient (Wildman–Crippen LogP) is 2.05. The van der Waals surface area contributed by atoms with E-state index in [-0.39, 0.29) is 0 Å². The molecular weight excluding hydrogens is 194 g/mol. The van der Waals surface area contributed by atoms with Gasteiger partial charge in [0.2, 0.25) is 0 Å². The van der Waals surface area contributed by atoms with E-state index in [4.69, 9.17) is 10.4 Å². The van der Waals surface area contributed by atoms with Gasteiger partial charge in [0, 0.05) is 23.1 Å². The average molecular weight is 207 g/mol. The zero-order valence-electron chi connectivity index (χ0n) is 8.27. The lowest BCUT2D eigenvalue weighted by Gasteiger charge is -2.16. The molecule has 0 aliphatic carbocycles. The highest BCUT2D eigenvalue weighted by Gasteiger charge is 2.14. The van der Waals surface area contributed by atoms with Gasteiger partial charge >= 0.3 is 0 Å². The first-order chi connectivity index (χ1) is 6.69. The fourth-order valence-electron chi connectivity index (χ4n) is 1.10. The number of nitriles is 1. The Morgan fingerprint density at radius 3 is 2.64 bits per heavy atom. The van der Waals surface area contributed by atoms with E-state index in [9.17, 15) is 0 Å². The van der Waals surface area contributed by atoms with E-state index in [0.717, 1.165) is 5.69 Å². The lowest BCUT2D eigenvalue weighted by molar-refractivity contribution is 0.724. The second kappa shape index (κ2) is 4.99. The van der Waals surface area contributed by atoms with Crippen LogP contribution in [-0.4, -0.2) is 10.2 Å². The maximum Gasteiger partial charge on any atom is 0.101 e. The molecule has 1 rings (SSSR count).